The number of amides is 1. The van der Waals surface area contributed by atoms with Crippen molar-refractivity contribution in [2.75, 3.05) is 0 Å². The van der Waals surface area contributed by atoms with E-state index in [-0.39, 0.29) is 29.5 Å². The van der Waals surface area contributed by atoms with Crippen LogP contribution in [0.25, 0.3) is 0 Å². The van der Waals surface area contributed by atoms with Gasteiger partial charge in [-0.1, -0.05) is 0 Å². The zero-order chi connectivity index (χ0) is 29.0. The van der Waals surface area contributed by atoms with E-state index in [2.05, 4.69) is 5.32 Å². The standard InChI is InChI=1S/C27H26AsCl2F6NO2/c1-28(25(39)17-13-18(26(31,32)33)15-19(14-17)27(34,35)36)20(11-16-7-9-22(29)23(30)12-16)8-10-24(38)37-21-5-3-2-4-6-21/h7-10,12-15,20-21H,2-6,11H2,1H3,(H,37,38)/t20-,28?/m0/s1. The van der Waals surface area contributed by atoms with Gasteiger partial charge in [0.25, 0.3) is 0 Å². The van der Waals surface area contributed by atoms with Gasteiger partial charge in [-0.3, -0.25) is 0 Å². The van der Waals surface area contributed by atoms with Crippen LogP contribution in [0, 0.1) is 0 Å². The van der Waals surface area contributed by atoms with Crippen molar-refractivity contribution in [2.24, 2.45) is 0 Å². The Balaban J connectivity index is 1.93. The fourth-order valence-corrected chi connectivity index (χ4v) is 8.19. The maximum atomic E-state index is 13.4. The molecule has 0 spiro atoms. The van der Waals surface area contributed by atoms with E-state index >= 15 is 0 Å². The van der Waals surface area contributed by atoms with E-state index in [0.717, 1.165) is 32.1 Å². The number of hydrogen-bond donors (Lipinski definition) is 1. The maximum absolute atomic E-state index is 13.4. The third-order valence-corrected chi connectivity index (χ3v) is 12.0. The van der Waals surface area contributed by atoms with Gasteiger partial charge in [0.05, 0.1) is 0 Å². The molecule has 1 unspecified atom stereocenters. The van der Waals surface area contributed by atoms with Crippen LogP contribution in [0.2, 0.25) is 20.5 Å². The number of halogens is 8. The quantitative estimate of drug-likeness (QED) is 0.176. The molecule has 1 aliphatic carbocycles. The molecule has 2 aromatic rings. The van der Waals surface area contributed by atoms with Crippen molar-refractivity contribution in [3.05, 3.63) is 80.8 Å². The van der Waals surface area contributed by atoms with Crippen LogP contribution in [0.4, 0.5) is 26.3 Å². The summed E-state index contributed by atoms with van der Waals surface area (Å²) >= 11 is 9.20. The number of benzene rings is 2. The van der Waals surface area contributed by atoms with Crippen molar-refractivity contribution in [3.63, 3.8) is 0 Å². The number of rotatable bonds is 8. The molecule has 1 fully saturated rings. The van der Waals surface area contributed by atoms with Gasteiger partial charge in [-0.15, -0.1) is 0 Å². The van der Waals surface area contributed by atoms with Crippen LogP contribution in [-0.2, 0) is 23.6 Å². The van der Waals surface area contributed by atoms with E-state index in [1.54, 1.807) is 23.9 Å². The number of carbonyl (C=O) groups is 2. The molecule has 0 saturated heterocycles. The normalized spacial score (nSPS) is 16.7. The van der Waals surface area contributed by atoms with Gasteiger partial charge < -0.3 is 0 Å². The van der Waals surface area contributed by atoms with Gasteiger partial charge in [-0.2, -0.15) is 0 Å². The summed E-state index contributed by atoms with van der Waals surface area (Å²) < 4.78 is 78.9. The molecule has 1 N–H and O–H groups in total. The fraction of sp³-hybridized carbons (Fsp3) is 0.407. The predicted molar refractivity (Wildman–Crippen MR) is 140 cm³/mol. The van der Waals surface area contributed by atoms with E-state index in [1.165, 1.54) is 12.2 Å². The fourth-order valence-electron chi connectivity index (χ4n) is 4.37. The van der Waals surface area contributed by atoms with Gasteiger partial charge in [0.2, 0.25) is 0 Å². The first-order valence-corrected chi connectivity index (χ1v) is 16.8. The molecule has 1 amide bonds. The van der Waals surface area contributed by atoms with Crippen molar-refractivity contribution in [1.82, 2.24) is 5.32 Å². The Morgan fingerprint density at radius 2 is 1.54 bits per heavy atom. The average Bonchev–Trinajstić information content (AvgIpc) is 2.87. The van der Waals surface area contributed by atoms with E-state index in [9.17, 15) is 35.9 Å². The average molecular weight is 656 g/mol. The Morgan fingerprint density at radius 3 is 2.08 bits per heavy atom. The SMILES string of the molecule is C[As](C(=O)c1cc(C(F)(F)F)cc(C(F)(F)F)c1)[C@@H](C=CC(=O)NC1CCCCC1)Cc1ccc(Cl)c(Cl)c1. The van der Waals surface area contributed by atoms with Gasteiger partial charge in [-0.05, 0) is 0 Å². The summed E-state index contributed by atoms with van der Waals surface area (Å²) in [6.45, 7) is 0. The summed E-state index contributed by atoms with van der Waals surface area (Å²) in [5.41, 5.74) is -1.55. The minimum absolute atomic E-state index is 0.00747. The van der Waals surface area contributed by atoms with Gasteiger partial charge in [0.15, 0.2) is 0 Å². The number of carbonyl (C=O) groups excluding carboxylic acids is 2. The molecule has 1 aliphatic rings. The van der Waals surface area contributed by atoms with Crippen LogP contribution in [0.3, 0.4) is 0 Å². The second-order valence-electron chi connectivity index (χ2n) is 9.43. The molecule has 1 saturated carbocycles. The molecule has 0 radical (unpaired) electrons. The predicted octanol–water partition coefficient (Wildman–Crippen LogP) is 8.50. The molecule has 0 aliphatic heterocycles. The molecule has 39 heavy (non-hydrogen) atoms. The summed E-state index contributed by atoms with van der Waals surface area (Å²) in [7, 11) is 0. The molecule has 12 heteroatoms. The first-order valence-electron chi connectivity index (χ1n) is 12.1. The van der Waals surface area contributed by atoms with Crippen LogP contribution < -0.4 is 5.32 Å². The second-order valence-corrected chi connectivity index (χ2v) is 15.1. The van der Waals surface area contributed by atoms with E-state index in [1.807, 2.05) is 0 Å². The summed E-state index contributed by atoms with van der Waals surface area (Å²) in [6, 6.07) is 5.73. The third kappa shape index (κ3) is 9.02. The van der Waals surface area contributed by atoms with Crippen molar-refractivity contribution >= 4 is 48.3 Å². The zero-order valence-electron chi connectivity index (χ0n) is 20.8. The Hall–Kier alpha value is -1.96. The molecule has 212 valence electrons. The Morgan fingerprint density at radius 1 is 0.949 bits per heavy atom. The van der Waals surface area contributed by atoms with Crippen LogP contribution in [0.15, 0.2) is 48.6 Å². The van der Waals surface area contributed by atoms with Crippen molar-refractivity contribution in [3.8, 4) is 0 Å². The first kappa shape index (κ1) is 31.6. The van der Waals surface area contributed by atoms with Crippen LogP contribution >= 0.6 is 23.2 Å². The molecule has 3 nitrogen and oxygen atoms in total. The molecule has 0 bridgehead atoms. The zero-order valence-corrected chi connectivity index (χ0v) is 24.2. The Labute approximate surface area is 237 Å². The molecular weight excluding hydrogens is 630 g/mol. The molecule has 3 rings (SSSR count). The summed E-state index contributed by atoms with van der Waals surface area (Å²) in [6.07, 6.45) is -2.31. The van der Waals surface area contributed by atoms with E-state index in [4.69, 9.17) is 23.2 Å². The number of alkyl halides is 6. The third-order valence-electron chi connectivity index (χ3n) is 6.50. The molecular formula is C27H26AsCl2F6NO2. The van der Waals surface area contributed by atoms with E-state index < -0.39 is 53.0 Å². The molecule has 2 aromatic carbocycles. The van der Waals surface area contributed by atoms with Gasteiger partial charge in [0, 0.05) is 0 Å². The number of nitrogens with one attached hydrogen (secondary N) is 1. The summed E-state index contributed by atoms with van der Waals surface area (Å²) in [5.74, 6) is -0.366. The monoisotopic (exact) mass is 655 g/mol. The molecule has 2 atom stereocenters. The Bertz CT molecular complexity index is 1190. The summed E-state index contributed by atoms with van der Waals surface area (Å²) in [5, 5.41) is 3.47. The number of hydrogen-bond acceptors (Lipinski definition) is 2. The topological polar surface area (TPSA) is 46.2 Å². The molecule has 0 heterocycles. The van der Waals surface area contributed by atoms with Crippen LogP contribution in [0.5, 0.6) is 0 Å². The summed E-state index contributed by atoms with van der Waals surface area (Å²) in [4.78, 5) is 25.9. The van der Waals surface area contributed by atoms with Crippen LogP contribution in [0.1, 0.15) is 59.2 Å². The van der Waals surface area contributed by atoms with Crippen molar-refractivity contribution < 1.29 is 35.9 Å². The first-order chi connectivity index (χ1) is 18.1. The van der Waals surface area contributed by atoms with Crippen LogP contribution in [-0.4, -0.2) is 31.2 Å². The Kier molecular flexibility index (Phi) is 10.6. The van der Waals surface area contributed by atoms with Gasteiger partial charge in [-0.25, -0.2) is 0 Å². The minimum atomic E-state index is -5.07. The van der Waals surface area contributed by atoms with Crippen molar-refractivity contribution in [1.29, 1.82) is 0 Å². The van der Waals surface area contributed by atoms with Gasteiger partial charge >= 0.3 is 238 Å². The van der Waals surface area contributed by atoms with E-state index in [0.29, 0.717) is 22.7 Å². The second kappa shape index (κ2) is 13.1. The molecule has 0 aromatic heterocycles. The van der Waals surface area contributed by atoms with Gasteiger partial charge in [0.1, 0.15) is 0 Å². The number of allylic oxidation sites excluding steroid dienone is 1. The van der Waals surface area contributed by atoms with Crippen molar-refractivity contribution in [2.45, 2.75) is 67.3 Å².